The number of nitro benzene ring substituents is 1. The van der Waals surface area contributed by atoms with Crippen molar-refractivity contribution >= 4 is 34.4 Å². The fourth-order valence-electron chi connectivity index (χ4n) is 2.86. The van der Waals surface area contributed by atoms with E-state index in [0.717, 1.165) is 11.4 Å². The molecule has 128 valence electrons. The average molecular weight is 365 g/mol. The lowest BCUT2D eigenvalue weighted by Gasteiger charge is -2.29. The van der Waals surface area contributed by atoms with E-state index in [4.69, 9.17) is 16.3 Å². The standard InChI is InChI=1S/C20H13ClN2O3/c21-14-9-11-15(12-10-14)22-13-20(26-19-8-4-3-7-18(19)22)16-5-1-2-6-17(16)23(24)25/h1-13H. The number of benzene rings is 3. The van der Waals surface area contributed by atoms with E-state index < -0.39 is 4.92 Å². The second-order valence-corrected chi connectivity index (χ2v) is 6.12. The highest BCUT2D eigenvalue weighted by Gasteiger charge is 2.25. The molecule has 5 nitrogen and oxygen atoms in total. The van der Waals surface area contributed by atoms with Gasteiger partial charge in [0.25, 0.3) is 5.69 Å². The fourth-order valence-corrected chi connectivity index (χ4v) is 2.98. The number of hydrogen-bond donors (Lipinski definition) is 0. The Morgan fingerprint density at radius 1 is 0.923 bits per heavy atom. The van der Waals surface area contributed by atoms with Gasteiger partial charge in [-0.15, -0.1) is 0 Å². The van der Waals surface area contributed by atoms with E-state index in [9.17, 15) is 10.1 Å². The van der Waals surface area contributed by atoms with Crippen LogP contribution in [0.3, 0.4) is 0 Å². The van der Waals surface area contributed by atoms with Gasteiger partial charge in [0.1, 0.15) is 0 Å². The van der Waals surface area contributed by atoms with Crippen molar-refractivity contribution in [1.82, 2.24) is 0 Å². The number of anilines is 2. The zero-order valence-electron chi connectivity index (χ0n) is 13.5. The number of ether oxygens (including phenoxy) is 1. The van der Waals surface area contributed by atoms with Gasteiger partial charge in [-0.3, -0.25) is 10.1 Å². The molecule has 0 amide bonds. The van der Waals surface area contributed by atoms with Gasteiger partial charge >= 0.3 is 0 Å². The predicted molar refractivity (Wildman–Crippen MR) is 102 cm³/mol. The second kappa shape index (κ2) is 6.54. The molecule has 26 heavy (non-hydrogen) atoms. The fraction of sp³-hybridized carbons (Fsp3) is 0. The monoisotopic (exact) mass is 364 g/mol. The predicted octanol–water partition coefficient (Wildman–Crippen LogP) is 5.78. The molecule has 0 N–H and O–H groups in total. The molecule has 3 aromatic rings. The molecule has 6 heteroatoms. The van der Waals surface area contributed by atoms with Crippen LogP contribution in [0.1, 0.15) is 5.56 Å². The van der Waals surface area contributed by atoms with Crippen LogP contribution in [0.25, 0.3) is 5.76 Å². The summed E-state index contributed by atoms with van der Waals surface area (Å²) in [6, 6.07) is 21.4. The Balaban J connectivity index is 1.87. The summed E-state index contributed by atoms with van der Waals surface area (Å²) in [4.78, 5) is 12.9. The molecule has 0 saturated heterocycles. The van der Waals surface area contributed by atoms with E-state index in [1.54, 1.807) is 36.5 Å². The lowest BCUT2D eigenvalue weighted by molar-refractivity contribution is -0.385. The molecule has 0 atom stereocenters. The van der Waals surface area contributed by atoms with Gasteiger partial charge in [-0.25, -0.2) is 0 Å². The van der Waals surface area contributed by atoms with Crippen LogP contribution >= 0.6 is 11.6 Å². The summed E-state index contributed by atoms with van der Waals surface area (Å²) in [7, 11) is 0. The van der Waals surface area contributed by atoms with Crippen LogP contribution in [0.5, 0.6) is 5.75 Å². The number of nitrogens with zero attached hydrogens (tertiary/aromatic N) is 2. The lowest BCUT2D eigenvalue weighted by Crippen LogP contribution is -2.17. The maximum absolute atomic E-state index is 11.4. The molecule has 0 aromatic heterocycles. The van der Waals surface area contributed by atoms with Crippen LogP contribution in [-0.4, -0.2) is 4.92 Å². The molecular weight excluding hydrogens is 352 g/mol. The summed E-state index contributed by atoms with van der Waals surface area (Å²) in [6.07, 6.45) is 1.76. The van der Waals surface area contributed by atoms with Gasteiger partial charge in [-0.2, -0.15) is 0 Å². The molecule has 0 unspecified atom stereocenters. The third kappa shape index (κ3) is 2.89. The maximum atomic E-state index is 11.4. The quantitative estimate of drug-likeness (QED) is 0.437. The van der Waals surface area contributed by atoms with Gasteiger partial charge < -0.3 is 9.64 Å². The number of halogens is 1. The highest BCUT2D eigenvalue weighted by Crippen LogP contribution is 2.42. The molecule has 0 saturated carbocycles. The molecular formula is C20H13ClN2O3. The highest BCUT2D eigenvalue weighted by atomic mass is 35.5. The third-order valence-electron chi connectivity index (χ3n) is 4.06. The Kier molecular flexibility index (Phi) is 4.07. The minimum Gasteiger partial charge on any atom is -0.453 e. The van der Waals surface area contributed by atoms with Crippen LogP contribution < -0.4 is 9.64 Å². The van der Waals surface area contributed by atoms with Crippen LogP contribution in [0, 0.1) is 10.1 Å². The van der Waals surface area contributed by atoms with Crippen molar-refractivity contribution in [2.45, 2.75) is 0 Å². The van der Waals surface area contributed by atoms with Gasteiger partial charge in [-0.05, 0) is 42.5 Å². The van der Waals surface area contributed by atoms with Crippen molar-refractivity contribution in [2.24, 2.45) is 0 Å². The normalized spacial score (nSPS) is 12.8. The Bertz CT molecular complexity index is 1020. The first-order valence-electron chi connectivity index (χ1n) is 7.91. The zero-order valence-corrected chi connectivity index (χ0v) is 14.3. The van der Waals surface area contributed by atoms with Gasteiger partial charge in [-0.1, -0.05) is 35.9 Å². The Labute approximate surface area is 154 Å². The van der Waals surface area contributed by atoms with Crippen molar-refractivity contribution in [1.29, 1.82) is 0 Å². The van der Waals surface area contributed by atoms with E-state index in [1.165, 1.54) is 6.07 Å². The Morgan fingerprint density at radius 3 is 2.38 bits per heavy atom. The van der Waals surface area contributed by atoms with Crippen molar-refractivity contribution in [3.05, 3.63) is 99.7 Å². The smallest absolute Gasteiger partial charge is 0.280 e. The second-order valence-electron chi connectivity index (χ2n) is 5.68. The summed E-state index contributed by atoms with van der Waals surface area (Å²) >= 11 is 6.00. The largest absolute Gasteiger partial charge is 0.453 e. The Hall–Kier alpha value is -3.31. The number of nitro groups is 1. The molecule has 1 aliphatic heterocycles. The summed E-state index contributed by atoms with van der Waals surface area (Å²) in [5.41, 5.74) is 2.14. The minimum absolute atomic E-state index is 0.00538. The van der Waals surface area contributed by atoms with E-state index >= 15 is 0 Å². The number of rotatable bonds is 3. The van der Waals surface area contributed by atoms with Crippen LogP contribution in [-0.2, 0) is 0 Å². The van der Waals surface area contributed by atoms with E-state index in [1.807, 2.05) is 41.3 Å². The topological polar surface area (TPSA) is 55.6 Å². The van der Waals surface area contributed by atoms with Crippen LogP contribution in [0.15, 0.2) is 79.0 Å². The molecule has 0 radical (unpaired) electrons. The molecule has 4 rings (SSSR count). The van der Waals surface area contributed by atoms with Crippen molar-refractivity contribution in [3.63, 3.8) is 0 Å². The molecule has 0 bridgehead atoms. The number of fused-ring (bicyclic) bond motifs is 1. The average Bonchev–Trinajstić information content (AvgIpc) is 2.68. The first-order valence-corrected chi connectivity index (χ1v) is 8.28. The summed E-state index contributed by atoms with van der Waals surface area (Å²) in [5, 5.41) is 12.0. The van der Waals surface area contributed by atoms with Crippen LogP contribution in [0.2, 0.25) is 5.02 Å². The maximum Gasteiger partial charge on any atom is 0.280 e. The minimum atomic E-state index is -0.410. The van der Waals surface area contributed by atoms with Gasteiger partial charge in [0.15, 0.2) is 11.5 Å². The van der Waals surface area contributed by atoms with E-state index in [2.05, 4.69) is 0 Å². The van der Waals surface area contributed by atoms with Crippen molar-refractivity contribution < 1.29 is 9.66 Å². The van der Waals surface area contributed by atoms with Crippen molar-refractivity contribution in [2.75, 3.05) is 4.90 Å². The highest BCUT2D eigenvalue weighted by molar-refractivity contribution is 6.30. The summed E-state index contributed by atoms with van der Waals surface area (Å²) in [5.74, 6) is 1.03. The van der Waals surface area contributed by atoms with Crippen molar-refractivity contribution in [3.8, 4) is 5.75 Å². The third-order valence-corrected chi connectivity index (χ3v) is 4.31. The molecule has 0 fully saturated rings. The summed E-state index contributed by atoms with van der Waals surface area (Å²) in [6.45, 7) is 0. The van der Waals surface area contributed by atoms with Gasteiger partial charge in [0.2, 0.25) is 0 Å². The van der Waals surface area contributed by atoms with E-state index in [-0.39, 0.29) is 5.69 Å². The molecule has 1 aliphatic rings. The zero-order chi connectivity index (χ0) is 18.1. The van der Waals surface area contributed by atoms with Gasteiger partial charge in [0.05, 0.1) is 22.4 Å². The number of para-hydroxylation sites is 3. The SMILES string of the molecule is O=[N+]([O-])c1ccccc1C1=CN(c2ccc(Cl)cc2)c2ccccc2O1. The molecule has 0 spiro atoms. The summed E-state index contributed by atoms with van der Waals surface area (Å²) < 4.78 is 5.97. The molecule has 3 aromatic carbocycles. The first-order chi connectivity index (χ1) is 12.6. The molecule has 0 aliphatic carbocycles. The van der Waals surface area contributed by atoms with Crippen LogP contribution in [0.4, 0.5) is 17.1 Å². The Morgan fingerprint density at radius 2 is 1.62 bits per heavy atom. The first kappa shape index (κ1) is 16.2. The molecule has 1 heterocycles. The lowest BCUT2D eigenvalue weighted by atomic mass is 10.1. The van der Waals surface area contributed by atoms with Gasteiger partial charge in [0, 0.05) is 16.8 Å². The number of hydrogen-bond acceptors (Lipinski definition) is 4. The van der Waals surface area contributed by atoms with E-state index in [0.29, 0.717) is 22.1 Å².